The molecule has 0 bridgehead atoms. The first kappa shape index (κ1) is 26.0. The van der Waals surface area contributed by atoms with Gasteiger partial charge in [0.25, 0.3) is 0 Å². The number of anilines is 2. The van der Waals surface area contributed by atoms with Crippen molar-refractivity contribution in [2.45, 2.75) is 31.9 Å². The van der Waals surface area contributed by atoms with Gasteiger partial charge in [0.05, 0.1) is 30.7 Å². The molecule has 1 atom stereocenters. The second-order valence-corrected chi connectivity index (χ2v) is 9.99. The smallest absolute Gasteiger partial charge is 0.378 e. The number of benzene rings is 2. The summed E-state index contributed by atoms with van der Waals surface area (Å²) < 4.78 is 84.1. The van der Waals surface area contributed by atoms with E-state index in [0.717, 1.165) is 24.5 Å². The van der Waals surface area contributed by atoms with Gasteiger partial charge in [-0.2, -0.15) is 13.2 Å². The van der Waals surface area contributed by atoms with Crippen LogP contribution >= 0.6 is 0 Å². The summed E-state index contributed by atoms with van der Waals surface area (Å²) in [6.07, 6.45) is -3.30. The van der Waals surface area contributed by atoms with Crippen LogP contribution < -0.4 is 9.62 Å². The van der Waals surface area contributed by atoms with Gasteiger partial charge in [-0.3, -0.25) is 9.52 Å². The van der Waals surface area contributed by atoms with Crippen LogP contribution in [0, 0.1) is 5.82 Å². The van der Waals surface area contributed by atoms with Crippen molar-refractivity contribution in [1.29, 1.82) is 0 Å². The van der Waals surface area contributed by atoms with E-state index in [4.69, 9.17) is 4.74 Å². The maximum Gasteiger partial charge on any atom is 0.416 e. The summed E-state index contributed by atoms with van der Waals surface area (Å²) >= 11 is 0. The van der Waals surface area contributed by atoms with E-state index in [1.807, 2.05) is 4.90 Å². The number of hydrogen-bond donors (Lipinski definition) is 1. The van der Waals surface area contributed by atoms with Gasteiger partial charge in [0.1, 0.15) is 11.6 Å². The van der Waals surface area contributed by atoms with Crippen molar-refractivity contribution in [2.75, 3.05) is 42.2 Å². The Bertz CT molecular complexity index is 1150. The fourth-order valence-corrected chi connectivity index (χ4v) is 4.36. The van der Waals surface area contributed by atoms with Gasteiger partial charge in [0.15, 0.2) is 0 Å². The van der Waals surface area contributed by atoms with E-state index in [2.05, 4.69) is 4.72 Å². The number of alkyl halides is 3. The van der Waals surface area contributed by atoms with Gasteiger partial charge in [-0.25, -0.2) is 12.8 Å². The molecule has 0 amide bonds. The third-order valence-corrected chi connectivity index (χ3v) is 6.27. The normalized spacial score (nSPS) is 15.8. The minimum atomic E-state index is -4.48. The molecule has 0 saturated carbocycles. The lowest BCUT2D eigenvalue weighted by Gasteiger charge is -2.31. The molecule has 3 rings (SSSR count). The van der Waals surface area contributed by atoms with Gasteiger partial charge < -0.3 is 9.64 Å². The van der Waals surface area contributed by atoms with Gasteiger partial charge in [-0.1, -0.05) is 19.1 Å². The third-order valence-electron chi connectivity index (χ3n) is 5.68. The monoisotopic (exact) mass is 502 g/mol. The lowest BCUT2D eigenvalue weighted by atomic mass is 9.92. The quantitative estimate of drug-likeness (QED) is 0.543. The Kier molecular flexibility index (Phi) is 7.87. The van der Waals surface area contributed by atoms with Gasteiger partial charge in [0.2, 0.25) is 10.0 Å². The first-order valence-electron chi connectivity index (χ1n) is 10.7. The van der Waals surface area contributed by atoms with Crippen molar-refractivity contribution in [2.24, 2.45) is 0 Å². The Balaban J connectivity index is 1.75. The Morgan fingerprint density at radius 2 is 1.82 bits per heavy atom. The number of halogens is 4. The predicted octanol–water partition coefficient (Wildman–Crippen LogP) is 4.36. The topological polar surface area (TPSA) is 75.7 Å². The average Bonchev–Trinajstić information content (AvgIpc) is 2.77. The van der Waals surface area contributed by atoms with Crippen LogP contribution in [0.5, 0.6) is 0 Å². The van der Waals surface area contributed by atoms with E-state index in [-0.39, 0.29) is 24.3 Å². The number of sulfonamides is 1. The van der Waals surface area contributed by atoms with Crippen LogP contribution in [0.3, 0.4) is 0 Å². The highest BCUT2D eigenvalue weighted by atomic mass is 32.2. The molecule has 11 heteroatoms. The molecule has 2 aromatic rings. The van der Waals surface area contributed by atoms with E-state index in [1.165, 1.54) is 18.2 Å². The molecule has 186 valence electrons. The zero-order chi connectivity index (χ0) is 25.1. The maximum atomic E-state index is 14.3. The second-order valence-electron chi connectivity index (χ2n) is 8.24. The maximum absolute atomic E-state index is 14.3. The molecule has 1 aliphatic rings. The van der Waals surface area contributed by atoms with Crippen LogP contribution in [0.25, 0.3) is 0 Å². The van der Waals surface area contributed by atoms with Crippen molar-refractivity contribution in [3.05, 3.63) is 58.9 Å². The molecule has 1 aliphatic heterocycles. The van der Waals surface area contributed by atoms with Gasteiger partial charge >= 0.3 is 6.18 Å². The van der Waals surface area contributed by atoms with Crippen molar-refractivity contribution in [3.63, 3.8) is 0 Å². The molecule has 0 aliphatic carbocycles. The number of hydrogen-bond acceptors (Lipinski definition) is 5. The molecular weight excluding hydrogens is 476 g/mol. The van der Waals surface area contributed by atoms with Gasteiger partial charge in [-0.05, 0) is 41.8 Å². The molecule has 6 nitrogen and oxygen atoms in total. The van der Waals surface area contributed by atoms with E-state index in [9.17, 15) is 30.8 Å². The molecule has 1 heterocycles. The van der Waals surface area contributed by atoms with Crippen LogP contribution in [-0.4, -0.2) is 46.8 Å². The van der Waals surface area contributed by atoms with Crippen molar-refractivity contribution in [3.8, 4) is 0 Å². The number of rotatable bonds is 8. The van der Waals surface area contributed by atoms with E-state index in [1.54, 1.807) is 6.92 Å². The zero-order valence-electron chi connectivity index (χ0n) is 18.8. The molecule has 1 N–H and O–H groups in total. The fraction of sp³-hybridized carbons (Fsp3) is 0.435. The average molecular weight is 503 g/mol. The van der Waals surface area contributed by atoms with Gasteiger partial charge in [0, 0.05) is 31.1 Å². The summed E-state index contributed by atoms with van der Waals surface area (Å²) in [6, 6.07) is 7.34. The molecule has 0 aromatic heterocycles. The second kappa shape index (κ2) is 10.3. The number of ketones is 1. The fourth-order valence-electron chi connectivity index (χ4n) is 3.79. The highest BCUT2D eigenvalue weighted by Gasteiger charge is 2.32. The number of carbonyl (C=O) groups excluding carboxylic acids is 1. The number of carbonyl (C=O) groups is 1. The number of morpholine rings is 1. The number of nitrogens with zero attached hydrogens (tertiary/aromatic N) is 1. The third kappa shape index (κ3) is 6.69. The number of ether oxygens (including phenoxy) is 1. The SMILES string of the molecule is CC(C(=O)CCc1ccc(C(F)(F)F)cc1N1CCOCC1)c1ccc(NS(C)(=O)=O)c(F)c1. The highest BCUT2D eigenvalue weighted by Crippen LogP contribution is 2.34. The highest BCUT2D eigenvalue weighted by molar-refractivity contribution is 7.92. The number of Topliss-reactive ketones (excluding diaryl/α,β-unsaturated/α-hetero) is 1. The summed E-state index contributed by atoms with van der Waals surface area (Å²) in [4.78, 5) is 14.6. The van der Waals surface area contributed by atoms with Crippen molar-refractivity contribution < 1.29 is 35.5 Å². The molecule has 1 fully saturated rings. The molecule has 0 radical (unpaired) electrons. The van der Waals surface area contributed by atoms with E-state index < -0.39 is 33.5 Å². The lowest BCUT2D eigenvalue weighted by molar-refractivity contribution is -0.137. The summed E-state index contributed by atoms with van der Waals surface area (Å²) in [5, 5.41) is 0. The first-order chi connectivity index (χ1) is 15.8. The lowest BCUT2D eigenvalue weighted by Crippen LogP contribution is -2.37. The summed E-state index contributed by atoms with van der Waals surface area (Å²) in [7, 11) is -3.65. The first-order valence-corrected chi connectivity index (χ1v) is 12.6. The Hall–Kier alpha value is -2.66. The standard InChI is InChI=1S/C23H26F4N2O4S/c1-15(17-4-7-20(19(24)13-17)28-34(2,31)32)22(30)8-5-16-3-6-18(23(25,26)27)14-21(16)29-9-11-33-12-10-29/h3-4,6-7,13-15,28H,5,8-12H2,1-2H3. The van der Waals surface area contributed by atoms with Crippen molar-refractivity contribution >= 4 is 27.2 Å². The minimum Gasteiger partial charge on any atom is -0.378 e. The van der Waals surface area contributed by atoms with Crippen LogP contribution in [0.1, 0.15) is 36.0 Å². The predicted molar refractivity (Wildman–Crippen MR) is 121 cm³/mol. The molecule has 1 saturated heterocycles. The summed E-state index contributed by atoms with van der Waals surface area (Å²) in [5.74, 6) is -1.70. The van der Waals surface area contributed by atoms with Gasteiger partial charge in [-0.15, -0.1) is 0 Å². The zero-order valence-corrected chi connectivity index (χ0v) is 19.6. The molecular formula is C23H26F4N2O4S. The van der Waals surface area contributed by atoms with Crippen LogP contribution in [0.15, 0.2) is 36.4 Å². The van der Waals surface area contributed by atoms with Crippen LogP contribution in [-0.2, 0) is 32.2 Å². The number of aryl methyl sites for hydroxylation is 1. The molecule has 0 spiro atoms. The summed E-state index contributed by atoms with van der Waals surface area (Å²) in [6.45, 7) is 3.32. The Labute approximate surface area is 196 Å². The Morgan fingerprint density at radius 3 is 2.41 bits per heavy atom. The van der Waals surface area contributed by atoms with E-state index in [0.29, 0.717) is 43.1 Å². The largest absolute Gasteiger partial charge is 0.416 e. The summed E-state index contributed by atoms with van der Waals surface area (Å²) in [5.41, 5.74) is 0.457. The van der Waals surface area contributed by atoms with Crippen molar-refractivity contribution in [1.82, 2.24) is 0 Å². The Morgan fingerprint density at radius 1 is 1.15 bits per heavy atom. The van der Waals surface area contributed by atoms with Crippen LogP contribution in [0.2, 0.25) is 0 Å². The van der Waals surface area contributed by atoms with E-state index >= 15 is 0 Å². The number of nitrogens with one attached hydrogen (secondary N) is 1. The molecule has 2 aromatic carbocycles. The molecule has 34 heavy (non-hydrogen) atoms. The minimum absolute atomic E-state index is 0.0504. The molecule has 1 unspecified atom stereocenters. The van der Waals surface area contributed by atoms with Crippen LogP contribution in [0.4, 0.5) is 28.9 Å².